The zero-order chi connectivity index (χ0) is 18.5. The van der Waals surface area contributed by atoms with E-state index in [0.29, 0.717) is 17.1 Å². The maximum atomic E-state index is 12.6. The van der Waals surface area contributed by atoms with Crippen molar-refractivity contribution in [2.75, 3.05) is 17.7 Å². The SMILES string of the molecule is Nc1c[n+](C(CO)Cc2ccccc2)[n+](C(=O)Nc2ccc(Cl)cc2)o1. The van der Waals surface area contributed by atoms with Crippen LogP contribution in [0.1, 0.15) is 11.6 Å². The number of nitrogens with one attached hydrogen (secondary N) is 1. The number of anilines is 2. The molecule has 0 aliphatic rings. The van der Waals surface area contributed by atoms with Crippen LogP contribution in [0.25, 0.3) is 0 Å². The van der Waals surface area contributed by atoms with Crippen LogP contribution in [0.5, 0.6) is 0 Å². The van der Waals surface area contributed by atoms with Crippen molar-refractivity contribution in [2.24, 2.45) is 0 Å². The Bertz CT molecular complexity index is 881. The van der Waals surface area contributed by atoms with Gasteiger partial charge in [-0.1, -0.05) is 41.9 Å². The Morgan fingerprint density at radius 3 is 2.54 bits per heavy atom. The van der Waals surface area contributed by atoms with Gasteiger partial charge in [0.25, 0.3) is 6.20 Å². The van der Waals surface area contributed by atoms with Gasteiger partial charge in [-0.3, -0.25) is 0 Å². The van der Waals surface area contributed by atoms with E-state index < -0.39 is 12.1 Å². The summed E-state index contributed by atoms with van der Waals surface area (Å²) in [5.41, 5.74) is 7.30. The summed E-state index contributed by atoms with van der Waals surface area (Å²) < 4.78 is 6.78. The van der Waals surface area contributed by atoms with E-state index in [0.717, 1.165) is 10.4 Å². The number of aliphatic hydroxyl groups is 1. The Kier molecular flexibility index (Phi) is 5.50. The molecule has 0 bridgehead atoms. The van der Waals surface area contributed by atoms with E-state index in [-0.39, 0.29) is 12.5 Å². The number of carbonyl (C=O) groups excluding carboxylic acids is 1. The summed E-state index contributed by atoms with van der Waals surface area (Å²) in [6, 6.07) is 15.4. The lowest BCUT2D eigenvalue weighted by Crippen LogP contribution is -2.72. The van der Waals surface area contributed by atoms with Gasteiger partial charge in [0.05, 0.1) is 0 Å². The number of halogens is 1. The fourth-order valence-electron chi connectivity index (χ4n) is 2.59. The van der Waals surface area contributed by atoms with E-state index in [1.807, 2.05) is 30.3 Å². The van der Waals surface area contributed by atoms with E-state index in [9.17, 15) is 9.90 Å². The second-order valence-electron chi connectivity index (χ2n) is 5.74. The predicted molar refractivity (Wildman–Crippen MR) is 95.6 cm³/mol. The van der Waals surface area contributed by atoms with Crippen molar-refractivity contribution in [3.63, 3.8) is 0 Å². The third-order valence-corrected chi connectivity index (χ3v) is 4.08. The number of rotatable bonds is 5. The molecule has 1 atom stereocenters. The molecule has 3 aromatic rings. The molecule has 0 saturated carbocycles. The Morgan fingerprint density at radius 2 is 1.88 bits per heavy atom. The number of benzene rings is 2. The first-order valence-corrected chi connectivity index (χ1v) is 8.39. The monoisotopic (exact) mass is 374 g/mol. The summed E-state index contributed by atoms with van der Waals surface area (Å²) in [6.07, 6.45) is 1.99. The highest BCUT2D eigenvalue weighted by atomic mass is 35.5. The molecule has 134 valence electrons. The summed E-state index contributed by atoms with van der Waals surface area (Å²) in [4.78, 5) is 13.6. The van der Waals surface area contributed by atoms with Crippen LogP contribution in [-0.4, -0.2) is 17.7 Å². The molecule has 0 radical (unpaired) electrons. The molecule has 0 aliphatic heterocycles. The minimum atomic E-state index is -0.546. The van der Waals surface area contributed by atoms with Crippen LogP contribution in [0.3, 0.4) is 0 Å². The van der Waals surface area contributed by atoms with E-state index in [2.05, 4.69) is 5.32 Å². The van der Waals surface area contributed by atoms with Gasteiger partial charge in [-0.25, -0.2) is 4.52 Å². The molecule has 8 heteroatoms. The third kappa shape index (κ3) is 4.19. The van der Waals surface area contributed by atoms with Gasteiger partial charge >= 0.3 is 11.9 Å². The van der Waals surface area contributed by atoms with Gasteiger partial charge < -0.3 is 10.8 Å². The summed E-state index contributed by atoms with van der Waals surface area (Å²) in [6.45, 7) is -0.188. The molecule has 1 unspecified atom stereocenters. The topological polar surface area (TPSA) is 96.2 Å². The Labute approximate surface area is 155 Å². The van der Waals surface area contributed by atoms with Crippen molar-refractivity contribution in [1.82, 2.24) is 0 Å². The maximum Gasteiger partial charge on any atom is 0.597 e. The van der Waals surface area contributed by atoms with Crippen LogP contribution in [0, 0.1) is 0 Å². The average molecular weight is 375 g/mol. The Balaban J connectivity index is 1.84. The fraction of sp³-hybridized carbons (Fsp3) is 0.167. The lowest BCUT2D eigenvalue weighted by Gasteiger charge is -2.05. The quantitative estimate of drug-likeness (QED) is 0.595. The average Bonchev–Trinajstić information content (AvgIpc) is 3.04. The summed E-state index contributed by atoms with van der Waals surface area (Å²) in [5.74, 6) is 0.0581. The number of hydrogen-bond acceptors (Lipinski definition) is 4. The minimum absolute atomic E-state index is 0.0581. The van der Waals surface area contributed by atoms with Crippen LogP contribution in [-0.2, 0) is 6.42 Å². The van der Waals surface area contributed by atoms with E-state index in [4.69, 9.17) is 21.9 Å². The van der Waals surface area contributed by atoms with E-state index in [1.165, 1.54) is 10.9 Å². The second-order valence-corrected chi connectivity index (χ2v) is 6.18. The van der Waals surface area contributed by atoms with Gasteiger partial charge in [0.1, 0.15) is 12.3 Å². The molecule has 3 rings (SSSR count). The van der Waals surface area contributed by atoms with Gasteiger partial charge in [0.15, 0.2) is 0 Å². The lowest BCUT2D eigenvalue weighted by molar-refractivity contribution is -1.27. The van der Waals surface area contributed by atoms with Crippen molar-refractivity contribution in [1.29, 1.82) is 0 Å². The highest BCUT2D eigenvalue weighted by Crippen LogP contribution is 2.13. The number of carbonyl (C=O) groups is 1. The van der Waals surface area contributed by atoms with E-state index >= 15 is 0 Å². The Hall–Kier alpha value is -2.90. The number of nitrogens with two attached hydrogens (primary N) is 1. The zero-order valence-corrected chi connectivity index (χ0v) is 14.6. The molecule has 1 aromatic heterocycles. The van der Waals surface area contributed by atoms with Gasteiger partial charge in [0, 0.05) is 16.1 Å². The molecule has 0 saturated heterocycles. The standard InChI is InChI=1S/C18H18ClN4O3/c19-14-6-8-15(9-7-14)21-18(25)23-22(11-17(20)26-23)16(12-24)10-13-4-2-1-3-5-13/h1-9,11,16,24H,10,12H2,(H2-,20,21,25)/q+1/p+1. The van der Waals surface area contributed by atoms with Crippen LogP contribution < -0.4 is 20.6 Å². The number of nitrogens with zero attached hydrogens (tertiary/aromatic N) is 2. The summed E-state index contributed by atoms with van der Waals surface area (Å²) >= 11 is 5.85. The van der Waals surface area contributed by atoms with Crippen molar-refractivity contribution in [3.05, 3.63) is 71.4 Å². The first kappa shape index (κ1) is 17.9. The minimum Gasteiger partial charge on any atom is -0.389 e. The fourth-order valence-corrected chi connectivity index (χ4v) is 2.71. The molecule has 4 N–H and O–H groups in total. The first-order chi connectivity index (χ1) is 12.6. The number of nitrogen functional groups attached to an aromatic ring is 1. The highest BCUT2D eigenvalue weighted by molar-refractivity contribution is 6.30. The molecular weight excluding hydrogens is 356 g/mol. The smallest absolute Gasteiger partial charge is 0.389 e. The molecular formula is C18H19ClN4O3+2. The van der Waals surface area contributed by atoms with Gasteiger partial charge in [-0.2, -0.15) is 10.1 Å². The van der Waals surface area contributed by atoms with Crippen LogP contribution in [0.2, 0.25) is 5.02 Å². The summed E-state index contributed by atoms with van der Waals surface area (Å²) in [5, 5.41) is 13.1. The van der Waals surface area contributed by atoms with Crippen molar-refractivity contribution < 1.29 is 24.0 Å². The summed E-state index contributed by atoms with van der Waals surface area (Å²) in [7, 11) is 0. The van der Waals surface area contributed by atoms with Gasteiger partial charge in [-0.05, 0) is 29.8 Å². The molecule has 2 aromatic carbocycles. The van der Waals surface area contributed by atoms with Gasteiger partial charge in [0.2, 0.25) is 10.9 Å². The number of aliphatic hydroxyl groups excluding tert-OH is 1. The van der Waals surface area contributed by atoms with Crippen LogP contribution >= 0.6 is 11.6 Å². The van der Waals surface area contributed by atoms with Gasteiger partial charge in [-0.15, -0.1) is 0 Å². The number of amides is 1. The highest BCUT2D eigenvalue weighted by Gasteiger charge is 2.37. The van der Waals surface area contributed by atoms with Crippen LogP contribution in [0.4, 0.5) is 16.4 Å². The van der Waals surface area contributed by atoms with Crippen molar-refractivity contribution in [3.8, 4) is 0 Å². The lowest BCUT2D eigenvalue weighted by atomic mass is 10.1. The first-order valence-electron chi connectivity index (χ1n) is 8.02. The molecule has 7 nitrogen and oxygen atoms in total. The molecule has 0 fully saturated rings. The third-order valence-electron chi connectivity index (χ3n) is 3.83. The van der Waals surface area contributed by atoms with Crippen molar-refractivity contribution in [2.45, 2.75) is 12.5 Å². The number of hydrogen-bond donors (Lipinski definition) is 3. The molecule has 1 amide bonds. The predicted octanol–water partition coefficient (Wildman–Crippen LogP) is 1.95. The number of aromatic nitrogens is 2. The normalized spacial score (nSPS) is 11.9. The van der Waals surface area contributed by atoms with Crippen LogP contribution in [0.15, 0.2) is 65.3 Å². The molecule has 0 aliphatic carbocycles. The maximum absolute atomic E-state index is 12.6. The molecule has 26 heavy (non-hydrogen) atoms. The second kappa shape index (κ2) is 7.99. The largest absolute Gasteiger partial charge is 0.597 e. The molecule has 0 spiro atoms. The Morgan fingerprint density at radius 1 is 1.19 bits per heavy atom. The zero-order valence-electron chi connectivity index (χ0n) is 13.9. The molecule has 1 heterocycles. The van der Waals surface area contributed by atoms with Crippen molar-refractivity contribution >= 4 is 29.2 Å². The van der Waals surface area contributed by atoms with E-state index in [1.54, 1.807) is 24.3 Å².